The Kier molecular flexibility index (Phi) is 5.09. The highest BCUT2D eigenvalue weighted by atomic mass is 16.5. The third-order valence-electron chi connectivity index (χ3n) is 3.14. The number of rotatable bonds is 6. The third kappa shape index (κ3) is 4.08. The largest absolute Gasteiger partial charge is 0.497 e. The molecular formula is C15H21NO2. The minimum absolute atomic E-state index is 0.339. The number of allylic oxidation sites excluding steroid dienone is 1. The molecule has 3 nitrogen and oxygen atoms in total. The molecule has 0 aromatic heterocycles. The van der Waals surface area contributed by atoms with E-state index in [0.717, 1.165) is 38.1 Å². The molecule has 0 saturated carbocycles. The summed E-state index contributed by atoms with van der Waals surface area (Å²) in [5, 5.41) is 3.44. The standard InChI is InChI=1S/C15H21NO2/c1-17-14-7-5-13(6-8-14)9-10-16-12-15-4-2-3-11-18-15/h3,5-8,11,15-16H,2,4,9-10,12H2,1H3. The van der Waals surface area contributed by atoms with Crippen LogP contribution in [0, 0.1) is 0 Å². The number of benzene rings is 1. The van der Waals surface area contributed by atoms with E-state index in [-0.39, 0.29) is 0 Å². The first kappa shape index (κ1) is 13.0. The summed E-state index contributed by atoms with van der Waals surface area (Å²) in [7, 11) is 1.69. The van der Waals surface area contributed by atoms with Gasteiger partial charge in [0.2, 0.25) is 0 Å². The Labute approximate surface area is 109 Å². The van der Waals surface area contributed by atoms with Gasteiger partial charge in [-0.1, -0.05) is 12.1 Å². The molecule has 0 radical (unpaired) electrons. The fraction of sp³-hybridized carbons (Fsp3) is 0.467. The van der Waals surface area contributed by atoms with Gasteiger partial charge in [0.05, 0.1) is 13.4 Å². The molecule has 2 rings (SSSR count). The van der Waals surface area contributed by atoms with Gasteiger partial charge in [0, 0.05) is 6.54 Å². The fourth-order valence-electron chi connectivity index (χ4n) is 2.02. The van der Waals surface area contributed by atoms with Crippen molar-refractivity contribution < 1.29 is 9.47 Å². The zero-order chi connectivity index (χ0) is 12.6. The van der Waals surface area contributed by atoms with Crippen LogP contribution in [-0.4, -0.2) is 26.3 Å². The monoisotopic (exact) mass is 247 g/mol. The van der Waals surface area contributed by atoms with E-state index in [1.807, 2.05) is 18.4 Å². The van der Waals surface area contributed by atoms with Crippen molar-refractivity contribution in [2.24, 2.45) is 0 Å². The quantitative estimate of drug-likeness (QED) is 0.784. The van der Waals surface area contributed by atoms with E-state index < -0.39 is 0 Å². The van der Waals surface area contributed by atoms with Crippen LogP contribution in [0.4, 0.5) is 0 Å². The van der Waals surface area contributed by atoms with Gasteiger partial charge < -0.3 is 14.8 Å². The Morgan fingerprint density at radius 3 is 2.83 bits per heavy atom. The molecule has 1 aliphatic heterocycles. The molecule has 0 spiro atoms. The lowest BCUT2D eigenvalue weighted by atomic mass is 10.1. The molecule has 1 atom stereocenters. The number of ether oxygens (including phenoxy) is 2. The molecule has 18 heavy (non-hydrogen) atoms. The minimum atomic E-state index is 0.339. The maximum atomic E-state index is 5.50. The van der Waals surface area contributed by atoms with Gasteiger partial charge in [0.1, 0.15) is 11.9 Å². The first-order valence-corrected chi connectivity index (χ1v) is 6.52. The van der Waals surface area contributed by atoms with Gasteiger partial charge in [0.25, 0.3) is 0 Å². The van der Waals surface area contributed by atoms with Gasteiger partial charge in [-0.2, -0.15) is 0 Å². The van der Waals surface area contributed by atoms with Gasteiger partial charge >= 0.3 is 0 Å². The van der Waals surface area contributed by atoms with Crippen LogP contribution in [0.1, 0.15) is 18.4 Å². The number of hydrogen-bond acceptors (Lipinski definition) is 3. The van der Waals surface area contributed by atoms with E-state index >= 15 is 0 Å². The van der Waals surface area contributed by atoms with Crippen LogP contribution in [0.25, 0.3) is 0 Å². The topological polar surface area (TPSA) is 30.5 Å². The number of hydrogen-bond donors (Lipinski definition) is 1. The summed E-state index contributed by atoms with van der Waals surface area (Å²) in [6, 6.07) is 8.23. The number of nitrogens with one attached hydrogen (secondary N) is 1. The van der Waals surface area contributed by atoms with Crippen LogP contribution in [0.15, 0.2) is 36.6 Å². The molecule has 0 aliphatic carbocycles. The smallest absolute Gasteiger partial charge is 0.118 e. The van der Waals surface area contributed by atoms with Crippen molar-refractivity contribution in [3.8, 4) is 5.75 Å². The predicted octanol–water partition coefficient (Wildman–Crippen LogP) is 2.52. The van der Waals surface area contributed by atoms with Crippen molar-refractivity contribution in [1.82, 2.24) is 5.32 Å². The van der Waals surface area contributed by atoms with Crippen molar-refractivity contribution in [3.63, 3.8) is 0 Å². The maximum Gasteiger partial charge on any atom is 0.118 e. The Morgan fingerprint density at radius 1 is 1.33 bits per heavy atom. The van der Waals surface area contributed by atoms with Gasteiger partial charge in [-0.15, -0.1) is 0 Å². The summed E-state index contributed by atoms with van der Waals surface area (Å²) in [6.07, 6.45) is 7.52. The van der Waals surface area contributed by atoms with E-state index in [4.69, 9.17) is 9.47 Å². The normalized spacial score (nSPS) is 18.4. The SMILES string of the molecule is COc1ccc(CCNCC2CCC=CO2)cc1. The number of methoxy groups -OCH3 is 1. The van der Waals surface area contributed by atoms with E-state index in [9.17, 15) is 0 Å². The third-order valence-corrected chi connectivity index (χ3v) is 3.14. The van der Waals surface area contributed by atoms with Crippen LogP contribution >= 0.6 is 0 Å². The Balaban J connectivity index is 1.63. The van der Waals surface area contributed by atoms with E-state index in [0.29, 0.717) is 6.10 Å². The summed E-state index contributed by atoms with van der Waals surface area (Å²) in [5.41, 5.74) is 1.33. The first-order valence-electron chi connectivity index (χ1n) is 6.52. The lowest BCUT2D eigenvalue weighted by molar-refractivity contribution is 0.123. The molecule has 1 unspecified atom stereocenters. The average Bonchev–Trinajstić information content (AvgIpc) is 2.45. The van der Waals surface area contributed by atoms with E-state index in [2.05, 4.69) is 23.5 Å². The highest BCUT2D eigenvalue weighted by Gasteiger charge is 2.09. The minimum Gasteiger partial charge on any atom is -0.497 e. The first-order chi connectivity index (χ1) is 8.88. The summed E-state index contributed by atoms with van der Waals surface area (Å²) < 4.78 is 10.6. The highest BCUT2D eigenvalue weighted by molar-refractivity contribution is 5.27. The Morgan fingerprint density at radius 2 is 2.17 bits per heavy atom. The van der Waals surface area contributed by atoms with Crippen LogP contribution in [0.2, 0.25) is 0 Å². The van der Waals surface area contributed by atoms with E-state index in [1.165, 1.54) is 5.56 Å². The van der Waals surface area contributed by atoms with Crippen molar-refractivity contribution in [2.75, 3.05) is 20.2 Å². The molecule has 0 bridgehead atoms. The molecule has 98 valence electrons. The molecule has 1 N–H and O–H groups in total. The molecule has 1 aromatic carbocycles. The average molecular weight is 247 g/mol. The molecule has 0 saturated heterocycles. The Bertz CT molecular complexity index is 373. The lowest BCUT2D eigenvalue weighted by Crippen LogP contribution is -2.30. The molecule has 3 heteroatoms. The summed E-state index contributed by atoms with van der Waals surface area (Å²) >= 11 is 0. The van der Waals surface area contributed by atoms with Crippen LogP contribution < -0.4 is 10.1 Å². The van der Waals surface area contributed by atoms with Crippen molar-refractivity contribution in [2.45, 2.75) is 25.4 Å². The molecule has 0 fully saturated rings. The predicted molar refractivity (Wildman–Crippen MR) is 72.8 cm³/mol. The molecule has 1 aromatic rings. The fourth-order valence-corrected chi connectivity index (χ4v) is 2.02. The van der Waals surface area contributed by atoms with Crippen LogP contribution in [0.5, 0.6) is 5.75 Å². The van der Waals surface area contributed by atoms with Gasteiger partial charge in [-0.3, -0.25) is 0 Å². The van der Waals surface area contributed by atoms with Crippen molar-refractivity contribution in [1.29, 1.82) is 0 Å². The Hall–Kier alpha value is -1.48. The molecule has 1 heterocycles. The van der Waals surface area contributed by atoms with Crippen molar-refractivity contribution >= 4 is 0 Å². The molecular weight excluding hydrogens is 226 g/mol. The molecule has 1 aliphatic rings. The van der Waals surface area contributed by atoms with Crippen LogP contribution in [0.3, 0.4) is 0 Å². The summed E-state index contributed by atoms with van der Waals surface area (Å²) in [4.78, 5) is 0. The second-order valence-electron chi connectivity index (χ2n) is 4.51. The zero-order valence-electron chi connectivity index (χ0n) is 10.9. The summed E-state index contributed by atoms with van der Waals surface area (Å²) in [6.45, 7) is 1.91. The van der Waals surface area contributed by atoms with Crippen molar-refractivity contribution in [3.05, 3.63) is 42.2 Å². The maximum absolute atomic E-state index is 5.50. The summed E-state index contributed by atoms with van der Waals surface area (Å²) in [5.74, 6) is 0.911. The van der Waals surface area contributed by atoms with E-state index in [1.54, 1.807) is 7.11 Å². The molecule has 0 amide bonds. The van der Waals surface area contributed by atoms with Gasteiger partial charge in [-0.05, 0) is 49.6 Å². The zero-order valence-corrected chi connectivity index (χ0v) is 10.9. The van der Waals surface area contributed by atoms with Gasteiger partial charge in [0.15, 0.2) is 0 Å². The van der Waals surface area contributed by atoms with Crippen LogP contribution in [-0.2, 0) is 11.2 Å². The lowest BCUT2D eigenvalue weighted by Gasteiger charge is -2.19. The second-order valence-corrected chi connectivity index (χ2v) is 4.51. The highest BCUT2D eigenvalue weighted by Crippen LogP contribution is 2.11. The van der Waals surface area contributed by atoms with Gasteiger partial charge in [-0.25, -0.2) is 0 Å². The second kappa shape index (κ2) is 7.07.